The van der Waals surface area contributed by atoms with Crippen LogP contribution in [0.3, 0.4) is 0 Å². The number of carbonyl (C=O) groups is 2. The summed E-state index contributed by atoms with van der Waals surface area (Å²) in [7, 11) is 0. The van der Waals surface area contributed by atoms with Gasteiger partial charge in [-0.2, -0.15) is 0 Å². The van der Waals surface area contributed by atoms with E-state index < -0.39 is 28.9 Å². The van der Waals surface area contributed by atoms with Gasteiger partial charge in [-0.1, -0.05) is 6.08 Å². The summed E-state index contributed by atoms with van der Waals surface area (Å²) in [6, 6.07) is 2.35. The summed E-state index contributed by atoms with van der Waals surface area (Å²) in [5.74, 6) is -3.82. The average molecular weight is 225 g/mol. The van der Waals surface area contributed by atoms with Crippen LogP contribution in [0.25, 0.3) is 0 Å². The highest BCUT2D eigenvalue weighted by Gasteiger charge is 2.19. The second-order valence-corrected chi connectivity index (χ2v) is 2.95. The van der Waals surface area contributed by atoms with E-state index in [-0.39, 0.29) is 6.54 Å². The Morgan fingerprint density at radius 2 is 2.06 bits per heavy atom. The molecule has 0 aliphatic carbocycles. The summed E-state index contributed by atoms with van der Waals surface area (Å²) in [6.07, 6.45) is 1.37. The maximum atomic E-state index is 13.1. The van der Waals surface area contributed by atoms with Crippen molar-refractivity contribution in [2.45, 2.75) is 0 Å². The minimum Gasteiger partial charge on any atom is -0.346 e. The largest absolute Gasteiger partial charge is 0.346 e. The first kappa shape index (κ1) is 12.0. The zero-order chi connectivity index (χ0) is 12.1. The molecule has 3 nitrogen and oxygen atoms in total. The Morgan fingerprint density at radius 1 is 1.38 bits per heavy atom. The zero-order valence-electron chi connectivity index (χ0n) is 8.30. The molecule has 0 saturated carbocycles. The highest BCUT2D eigenvalue weighted by atomic mass is 19.1. The number of ketones is 1. The van der Waals surface area contributed by atoms with Crippen molar-refractivity contribution in [3.8, 4) is 0 Å². The molecule has 0 atom stereocenters. The van der Waals surface area contributed by atoms with Crippen LogP contribution in [0.15, 0.2) is 30.9 Å². The minimum absolute atomic E-state index is 0.0848. The number of halogens is 2. The van der Waals surface area contributed by atoms with Gasteiger partial charge in [0.15, 0.2) is 0 Å². The van der Waals surface area contributed by atoms with Gasteiger partial charge in [0.1, 0.15) is 11.6 Å². The molecule has 1 rings (SSSR count). The SMILES string of the molecule is C=CCNC(=O)C(=O)c1cc(F)ccc1F. The van der Waals surface area contributed by atoms with Crippen molar-refractivity contribution in [1.82, 2.24) is 5.32 Å². The van der Waals surface area contributed by atoms with Gasteiger partial charge in [0.25, 0.3) is 11.7 Å². The first-order chi connectivity index (χ1) is 7.56. The number of amides is 1. The molecule has 0 aliphatic rings. The Balaban J connectivity index is 2.91. The van der Waals surface area contributed by atoms with Crippen molar-refractivity contribution in [3.63, 3.8) is 0 Å². The lowest BCUT2D eigenvalue weighted by Crippen LogP contribution is -2.31. The Labute approximate surface area is 90.8 Å². The quantitative estimate of drug-likeness (QED) is 0.479. The van der Waals surface area contributed by atoms with E-state index in [4.69, 9.17) is 0 Å². The van der Waals surface area contributed by atoms with Gasteiger partial charge in [-0.05, 0) is 18.2 Å². The van der Waals surface area contributed by atoms with Crippen molar-refractivity contribution < 1.29 is 18.4 Å². The molecule has 16 heavy (non-hydrogen) atoms. The number of nitrogens with one attached hydrogen (secondary N) is 1. The highest BCUT2D eigenvalue weighted by Crippen LogP contribution is 2.10. The summed E-state index contributed by atoms with van der Waals surface area (Å²) in [4.78, 5) is 22.5. The van der Waals surface area contributed by atoms with Crippen LogP contribution in [-0.2, 0) is 4.79 Å². The average Bonchev–Trinajstić information content (AvgIpc) is 2.28. The molecule has 0 unspecified atom stereocenters. The number of carbonyl (C=O) groups excluding carboxylic acids is 2. The predicted molar refractivity (Wildman–Crippen MR) is 53.9 cm³/mol. The Morgan fingerprint density at radius 3 is 2.69 bits per heavy atom. The van der Waals surface area contributed by atoms with Crippen molar-refractivity contribution in [2.75, 3.05) is 6.54 Å². The van der Waals surface area contributed by atoms with Crippen LogP contribution in [0.1, 0.15) is 10.4 Å². The fourth-order valence-electron chi connectivity index (χ4n) is 1.04. The second kappa shape index (κ2) is 5.16. The third kappa shape index (κ3) is 2.73. The maximum absolute atomic E-state index is 13.1. The first-order valence-electron chi connectivity index (χ1n) is 4.44. The molecular weight excluding hydrogens is 216 g/mol. The van der Waals surface area contributed by atoms with Gasteiger partial charge in [-0.3, -0.25) is 9.59 Å². The van der Waals surface area contributed by atoms with Gasteiger partial charge in [0, 0.05) is 6.54 Å². The number of hydrogen-bond acceptors (Lipinski definition) is 2. The predicted octanol–water partition coefficient (Wildman–Crippen LogP) is 1.45. The highest BCUT2D eigenvalue weighted by molar-refractivity contribution is 6.42. The summed E-state index contributed by atoms with van der Waals surface area (Å²) >= 11 is 0. The third-order valence-electron chi connectivity index (χ3n) is 1.79. The Hall–Kier alpha value is -2.04. The van der Waals surface area contributed by atoms with E-state index in [0.29, 0.717) is 6.07 Å². The molecular formula is C11H9F2NO2. The Kier molecular flexibility index (Phi) is 3.88. The molecule has 0 fully saturated rings. The van der Waals surface area contributed by atoms with E-state index in [0.717, 1.165) is 12.1 Å². The maximum Gasteiger partial charge on any atom is 0.292 e. The molecule has 5 heteroatoms. The smallest absolute Gasteiger partial charge is 0.292 e. The number of rotatable bonds is 4. The van der Waals surface area contributed by atoms with Gasteiger partial charge in [-0.15, -0.1) is 6.58 Å². The molecule has 1 N–H and O–H groups in total. The second-order valence-electron chi connectivity index (χ2n) is 2.95. The van der Waals surface area contributed by atoms with E-state index in [9.17, 15) is 18.4 Å². The monoisotopic (exact) mass is 225 g/mol. The van der Waals surface area contributed by atoms with Gasteiger partial charge in [0.2, 0.25) is 0 Å². The fourth-order valence-corrected chi connectivity index (χ4v) is 1.04. The lowest BCUT2D eigenvalue weighted by molar-refractivity contribution is -0.116. The summed E-state index contributed by atoms with van der Waals surface area (Å²) in [6.45, 7) is 3.42. The molecule has 0 radical (unpaired) electrons. The van der Waals surface area contributed by atoms with Crippen molar-refractivity contribution >= 4 is 11.7 Å². The summed E-state index contributed by atoms with van der Waals surface area (Å²) < 4.78 is 25.9. The molecule has 0 saturated heterocycles. The van der Waals surface area contributed by atoms with E-state index in [1.54, 1.807) is 0 Å². The van der Waals surface area contributed by atoms with Gasteiger partial charge in [0.05, 0.1) is 5.56 Å². The standard InChI is InChI=1S/C11H9F2NO2/c1-2-5-14-11(16)10(15)8-6-7(12)3-4-9(8)13/h2-4,6H,1,5H2,(H,14,16). The molecule has 84 valence electrons. The van der Waals surface area contributed by atoms with Crippen molar-refractivity contribution in [3.05, 3.63) is 48.1 Å². The van der Waals surface area contributed by atoms with Crippen LogP contribution >= 0.6 is 0 Å². The lowest BCUT2D eigenvalue weighted by Gasteiger charge is -2.02. The van der Waals surface area contributed by atoms with E-state index in [1.165, 1.54) is 6.08 Å². The van der Waals surface area contributed by atoms with E-state index >= 15 is 0 Å². The van der Waals surface area contributed by atoms with Gasteiger partial charge in [-0.25, -0.2) is 8.78 Å². The molecule has 0 spiro atoms. The molecule has 0 aliphatic heterocycles. The molecule has 0 aromatic heterocycles. The topological polar surface area (TPSA) is 46.2 Å². The molecule has 1 aromatic carbocycles. The molecule has 0 bridgehead atoms. The number of Topliss-reactive ketones (excluding diaryl/α,β-unsaturated/α-hetero) is 1. The van der Waals surface area contributed by atoms with Crippen LogP contribution in [-0.4, -0.2) is 18.2 Å². The Bertz CT molecular complexity index is 444. The van der Waals surface area contributed by atoms with Crippen LogP contribution in [0.5, 0.6) is 0 Å². The molecule has 0 heterocycles. The molecule has 1 amide bonds. The number of hydrogen-bond donors (Lipinski definition) is 1. The first-order valence-corrected chi connectivity index (χ1v) is 4.44. The van der Waals surface area contributed by atoms with E-state index in [2.05, 4.69) is 11.9 Å². The van der Waals surface area contributed by atoms with Gasteiger partial charge >= 0.3 is 0 Å². The van der Waals surface area contributed by atoms with Crippen molar-refractivity contribution in [2.24, 2.45) is 0 Å². The summed E-state index contributed by atoms with van der Waals surface area (Å²) in [5, 5.41) is 2.18. The van der Waals surface area contributed by atoms with Crippen LogP contribution in [0.4, 0.5) is 8.78 Å². The lowest BCUT2D eigenvalue weighted by atomic mass is 10.1. The zero-order valence-corrected chi connectivity index (χ0v) is 8.30. The van der Waals surface area contributed by atoms with Crippen LogP contribution in [0, 0.1) is 11.6 Å². The minimum atomic E-state index is -1.11. The van der Waals surface area contributed by atoms with E-state index in [1.807, 2.05) is 0 Å². The fraction of sp³-hybridized carbons (Fsp3) is 0.0909. The molecule has 1 aromatic rings. The normalized spacial score (nSPS) is 9.62. The van der Waals surface area contributed by atoms with Crippen LogP contribution in [0.2, 0.25) is 0 Å². The third-order valence-corrected chi connectivity index (χ3v) is 1.79. The summed E-state index contributed by atoms with van der Waals surface area (Å²) in [5.41, 5.74) is -0.582. The number of benzene rings is 1. The van der Waals surface area contributed by atoms with Gasteiger partial charge < -0.3 is 5.32 Å². The van der Waals surface area contributed by atoms with Crippen molar-refractivity contribution in [1.29, 1.82) is 0 Å². The van der Waals surface area contributed by atoms with Crippen LogP contribution < -0.4 is 5.32 Å².